The lowest BCUT2D eigenvalue weighted by molar-refractivity contribution is -0.901. The number of benzene rings is 1. The first-order valence-electron chi connectivity index (χ1n) is 14.3. The number of unbranched alkanes of at least 4 members (excludes halogenated alkanes) is 2. The monoisotopic (exact) mass is 708 g/mol. The number of amides is 3. The number of nitrogens with one attached hydrogen (secondary N) is 2. The van der Waals surface area contributed by atoms with E-state index in [4.69, 9.17) is 0 Å². The molecule has 0 radical (unpaired) electrons. The zero-order valence-corrected chi connectivity index (χ0v) is 27.1. The van der Waals surface area contributed by atoms with E-state index in [1.807, 2.05) is 30.0 Å². The van der Waals surface area contributed by atoms with E-state index >= 15 is 0 Å². The average molecular weight is 709 g/mol. The highest BCUT2D eigenvalue weighted by Crippen LogP contribution is 2.36. The molecule has 46 heavy (non-hydrogen) atoms. The van der Waals surface area contributed by atoms with E-state index in [0.29, 0.717) is 25.9 Å². The molecule has 1 aromatic rings. The van der Waals surface area contributed by atoms with Crippen LogP contribution in [0.5, 0.6) is 0 Å². The number of quaternary nitrogens is 1. The van der Waals surface area contributed by atoms with E-state index in [1.54, 1.807) is 0 Å². The summed E-state index contributed by atoms with van der Waals surface area (Å²) in [6.45, 7) is 6.45. The Kier molecular flexibility index (Phi) is 13.9. The van der Waals surface area contributed by atoms with Gasteiger partial charge in [0.1, 0.15) is 12.7 Å². The van der Waals surface area contributed by atoms with Gasteiger partial charge in [-0.2, -0.15) is 26.3 Å². The van der Waals surface area contributed by atoms with E-state index in [2.05, 4.69) is 42.8 Å². The Morgan fingerprint density at radius 1 is 0.978 bits per heavy atom. The van der Waals surface area contributed by atoms with Gasteiger partial charge in [-0.25, -0.2) is 26.6 Å². The number of hydrazine groups is 1. The average Bonchev–Trinajstić information content (AvgIpc) is 3.46. The first-order chi connectivity index (χ1) is 21.2. The number of carbonyl (C=O) groups excluding carboxylic acids is 2. The third kappa shape index (κ3) is 10.8. The number of allylic oxidation sites excluding steroid dienone is 1. The molecule has 0 bridgehead atoms. The van der Waals surface area contributed by atoms with Crippen LogP contribution in [-0.2, 0) is 31.3 Å². The molecule has 2 aliphatic rings. The van der Waals surface area contributed by atoms with E-state index < -0.39 is 31.1 Å². The lowest BCUT2D eigenvalue weighted by Gasteiger charge is -2.22. The van der Waals surface area contributed by atoms with Gasteiger partial charge in [0.15, 0.2) is 20.0 Å². The summed E-state index contributed by atoms with van der Waals surface area (Å²) in [6.07, 6.45) is 8.70. The second-order valence-electron chi connectivity index (χ2n) is 10.5. The van der Waals surface area contributed by atoms with Gasteiger partial charge in [0.25, 0.3) is 0 Å². The molecule has 3 rings (SSSR count). The third-order valence-corrected chi connectivity index (χ3v) is 9.67. The van der Waals surface area contributed by atoms with E-state index in [1.165, 1.54) is 28.4 Å². The summed E-state index contributed by atoms with van der Waals surface area (Å²) in [5, 5.41) is 3.41. The van der Waals surface area contributed by atoms with Crippen LogP contribution in [0.15, 0.2) is 42.2 Å². The van der Waals surface area contributed by atoms with Crippen molar-refractivity contribution in [1.82, 2.24) is 20.3 Å². The number of alkyl halides is 6. The molecule has 0 aromatic heterocycles. The van der Waals surface area contributed by atoms with Gasteiger partial charge < -0.3 is 9.03 Å². The Hall–Kier alpha value is -2.94. The van der Waals surface area contributed by atoms with Crippen molar-refractivity contribution in [2.24, 2.45) is 0 Å². The van der Waals surface area contributed by atoms with Crippen LogP contribution >= 0.6 is 0 Å². The van der Waals surface area contributed by atoms with Gasteiger partial charge >= 0.3 is 17.0 Å². The van der Waals surface area contributed by atoms with Gasteiger partial charge in [-0.15, -0.1) is 0 Å². The summed E-state index contributed by atoms with van der Waals surface area (Å²) in [4.78, 5) is 28.8. The fourth-order valence-electron chi connectivity index (χ4n) is 4.61. The van der Waals surface area contributed by atoms with Crippen LogP contribution in [0, 0.1) is 0 Å². The molecule has 1 unspecified atom stereocenters. The van der Waals surface area contributed by atoms with Crippen LogP contribution in [0.2, 0.25) is 0 Å². The van der Waals surface area contributed by atoms with Crippen molar-refractivity contribution in [3.63, 3.8) is 0 Å². The number of carbonyl (C=O) groups is 2. The molecule has 2 aliphatic heterocycles. The summed E-state index contributed by atoms with van der Waals surface area (Å²) in [7, 11) is -11.4. The molecule has 12 nitrogen and oxygen atoms in total. The topological polar surface area (TPSA) is 143 Å². The molecular weight excluding hydrogens is 670 g/mol. The van der Waals surface area contributed by atoms with Crippen LogP contribution in [-0.4, -0.2) is 87.3 Å². The lowest BCUT2D eigenvalue weighted by Crippen LogP contribution is -3.13. The Balaban J connectivity index is 0.000000415. The second kappa shape index (κ2) is 16.2. The normalized spacial score (nSPS) is 19.3. The fraction of sp³-hybridized carbons (Fsp3) is 0.615. The largest absolute Gasteiger partial charge is 0.480 e. The molecule has 1 saturated heterocycles. The molecule has 1 aromatic carbocycles. The maximum absolute atomic E-state index is 13.0. The zero-order chi connectivity index (χ0) is 34.9. The van der Waals surface area contributed by atoms with Crippen LogP contribution in [0.25, 0.3) is 4.13 Å². The molecule has 0 spiro atoms. The standard InChI is InChI=1S/C24H37N5O2.C2F6NO4S2/c1-4-6-16-28-19-21(26(3)25-28)14-10-11-15-27-18-22(17-20-12-8-7-9-13-20)29(24(27)31)23(30)5-2;3-1(4,5)14(10,11)9-15(12,13)2(6,7)8/h7-9,12-13,19,22,25H,4-6,10-11,14-18H2,1-3H3;/q;-1/p+1/t22-;/m0./s1. The van der Waals surface area contributed by atoms with Crippen molar-refractivity contribution < 1.29 is 57.8 Å². The summed E-state index contributed by atoms with van der Waals surface area (Å²) in [6, 6.07) is 9.92. The number of rotatable bonds is 13. The van der Waals surface area contributed by atoms with Crippen molar-refractivity contribution in [3.05, 3.63) is 51.9 Å². The number of imide groups is 1. The summed E-state index contributed by atoms with van der Waals surface area (Å²) < 4.78 is 109. The van der Waals surface area contributed by atoms with E-state index in [0.717, 1.165) is 35.5 Å². The number of nitrogens with zero attached hydrogens (tertiary/aromatic N) is 4. The van der Waals surface area contributed by atoms with Crippen LogP contribution < -0.4 is 10.5 Å². The SMILES string of the molecule is CCCC[NH+]1C=C(CCCCN2C[C@H](Cc3ccccc3)N(C(=O)CC)C2=O)N(C)N1.O=S(=O)([N-]S(=O)(=O)C(F)(F)F)C(F)(F)F. The van der Waals surface area contributed by atoms with Crippen molar-refractivity contribution in [1.29, 1.82) is 0 Å². The minimum atomic E-state index is -6.72. The van der Waals surface area contributed by atoms with Gasteiger partial charge in [-0.3, -0.25) is 14.7 Å². The van der Waals surface area contributed by atoms with Crippen molar-refractivity contribution in [2.75, 3.05) is 26.7 Å². The van der Waals surface area contributed by atoms with Crippen molar-refractivity contribution in [3.8, 4) is 0 Å². The maximum Gasteiger partial charge on any atom is 0.480 e. The molecule has 262 valence electrons. The first kappa shape index (κ1) is 39.2. The zero-order valence-electron chi connectivity index (χ0n) is 25.4. The molecule has 1 fully saturated rings. The minimum absolute atomic E-state index is 0.0765. The summed E-state index contributed by atoms with van der Waals surface area (Å²) in [5.41, 5.74) is -6.51. The van der Waals surface area contributed by atoms with Crippen molar-refractivity contribution >= 4 is 32.0 Å². The molecular formula is C26H38F6N6O6S2. The summed E-state index contributed by atoms with van der Waals surface area (Å²) in [5.74, 6) is -0.0765. The highest BCUT2D eigenvalue weighted by molar-refractivity contribution is 8.13. The number of urea groups is 1. The quantitative estimate of drug-likeness (QED) is 0.235. The Morgan fingerprint density at radius 2 is 1.57 bits per heavy atom. The smallest absolute Gasteiger partial charge is 0.421 e. The Labute approximate surface area is 264 Å². The van der Waals surface area contributed by atoms with Gasteiger partial charge in [-0.05, 0) is 37.7 Å². The molecule has 2 heterocycles. The molecule has 2 atom stereocenters. The number of sulfonamides is 2. The van der Waals surface area contributed by atoms with E-state index in [9.17, 15) is 52.8 Å². The maximum atomic E-state index is 13.0. The van der Waals surface area contributed by atoms with Crippen molar-refractivity contribution in [2.45, 2.75) is 75.9 Å². The number of hydrogen-bond acceptors (Lipinski definition) is 8. The van der Waals surface area contributed by atoms with Gasteiger partial charge in [0, 0.05) is 26.6 Å². The van der Waals surface area contributed by atoms with Gasteiger partial charge in [0.2, 0.25) is 5.91 Å². The van der Waals surface area contributed by atoms with Crippen LogP contribution in [0.4, 0.5) is 31.1 Å². The molecule has 0 saturated carbocycles. The van der Waals surface area contributed by atoms with Gasteiger partial charge in [-0.1, -0.05) is 56.1 Å². The molecule has 2 N–H and O–H groups in total. The predicted molar refractivity (Wildman–Crippen MR) is 155 cm³/mol. The van der Waals surface area contributed by atoms with Crippen LogP contribution in [0.3, 0.4) is 0 Å². The molecule has 3 amide bonds. The highest BCUT2D eigenvalue weighted by Gasteiger charge is 2.47. The van der Waals surface area contributed by atoms with Crippen LogP contribution in [0.1, 0.15) is 57.9 Å². The first-order valence-corrected chi connectivity index (χ1v) is 17.2. The molecule has 20 heteroatoms. The minimum Gasteiger partial charge on any atom is -0.421 e. The summed E-state index contributed by atoms with van der Waals surface area (Å²) >= 11 is 0. The Bertz CT molecular complexity index is 1380. The third-order valence-electron chi connectivity index (χ3n) is 6.93. The fourth-order valence-corrected chi connectivity index (χ4v) is 6.32. The van der Waals surface area contributed by atoms with E-state index in [-0.39, 0.29) is 18.0 Å². The number of halogens is 6. The predicted octanol–water partition coefficient (Wildman–Crippen LogP) is 3.39. The highest BCUT2D eigenvalue weighted by atomic mass is 32.3. The van der Waals surface area contributed by atoms with Gasteiger partial charge in [0.05, 0.1) is 11.7 Å². The molecule has 0 aliphatic carbocycles. The lowest BCUT2D eigenvalue weighted by atomic mass is 10.1. The Morgan fingerprint density at radius 3 is 2.09 bits per heavy atom. The second-order valence-corrected chi connectivity index (χ2v) is 13.9. The number of hydrogen-bond donors (Lipinski definition) is 2.